The van der Waals surface area contributed by atoms with E-state index < -0.39 is 0 Å². The Hall–Kier alpha value is -3.51. The topological polar surface area (TPSA) is 83.0 Å². The van der Waals surface area contributed by atoms with Crippen molar-refractivity contribution < 1.29 is 9.84 Å². The molecule has 6 nitrogen and oxygen atoms in total. The van der Waals surface area contributed by atoms with Crippen LogP contribution in [-0.4, -0.2) is 33.6 Å². The van der Waals surface area contributed by atoms with Gasteiger partial charge in [-0.2, -0.15) is 0 Å². The van der Waals surface area contributed by atoms with E-state index in [-0.39, 0.29) is 12.2 Å². The maximum Gasteiger partial charge on any atom is 0.271 e. The van der Waals surface area contributed by atoms with Crippen molar-refractivity contribution in [3.05, 3.63) is 86.8 Å². The molecule has 0 bridgehead atoms. The summed E-state index contributed by atoms with van der Waals surface area (Å²) in [5.74, 6) is 0.788. The van der Waals surface area contributed by atoms with E-state index in [0.717, 1.165) is 52.5 Å². The minimum absolute atomic E-state index is 0.160. The van der Waals surface area contributed by atoms with Gasteiger partial charge in [-0.15, -0.1) is 0 Å². The van der Waals surface area contributed by atoms with Crippen LogP contribution >= 0.6 is 0 Å². The number of methoxy groups -OCH3 is 1. The van der Waals surface area contributed by atoms with Gasteiger partial charge < -0.3 is 14.4 Å². The molecule has 0 amide bonds. The van der Waals surface area contributed by atoms with Gasteiger partial charge in [0, 0.05) is 35.8 Å². The maximum atomic E-state index is 12.5. The smallest absolute Gasteiger partial charge is 0.271 e. The quantitative estimate of drug-likeness (QED) is 0.413. The molecule has 0 fully saturated rings. The van der Waals surface area contributed by atoms with Gasteiger partial charge in [-0.25, -0.2) is 0 Å². The molecular formula is C24H25N3O3. The highest BCUT2D eigenvalue weighted by molar-refractivity contribution is 5.89. The number of para-hydroxylation sites is 1. The lowest BCUT2D eigenvalue weighted by molar-refractivity contribution is 0.281. The molecule has 0 spiro atoms. The van der Waals surface area contributed by atoms with Crippen molar-refractivity contribution in [1.82, 2.24) is 14.8 Å². The summed E-state index contributed by atoms with van der Waals surface area (Å²) in [6, 6.07) is 15.8. The van der Waals surface area contributed by atoms with Crippen LogP contribution in [0.4, 0.5) is 0 Å². The van der Waals surface area contributed by atoms with Crippen LogP contribution in [0.2, 0.25) is 0 Å². The highest BCUT2D eigenvalue weighted by Gasteiger charge is 2.07. The summed E-state index contributed by atoms with van der Waals surface area (Å²) < 4.78 is 7.39. The Bertz CT molecular complexity index is 1310. The Morgan fingerprint density at radius 1 is 1.03 bits per heavy atom. The molecule has 0 aliphatic rings. The Labute approximate surface area is 173 Å². The number of nitrogens with one attached hydrogen (secondary N) is 2. The Balaban J connectivity index is 1.81. The standard InChI is InChI=1S/C24H25N3O3/c1-30-19-10-8-17(9-11-19)14-22-21(24(29)26-25-22)15-18-16-27(12-4-5-13-28)23-7-3-2-6-20(18)23/h2-3,6-11,14-16,25,28H,4-5,12-13H2,1H3,(H,26,29). The van der Waals surface area contributed by atoms with Crippen molar-refractivity contribution in [2.75, 3.05) is 13.7 Å². The highest BCUT2D eigenvalue weighted by Crippen LogP contribution is 2.22. The zero-order valence-electron chi connectivity index (χ0n) is 16.9. The third-order valence-electron chi connectivity index (χ3n) is 5.20. The van der Waals surface area contributed by atoms with Crippen molar-refractivity contribution in [3.8, 4) is 5.75 Å². The lowest BCUT2D eigenvalue weighted by atomic mass is 10.1. The normalized spacial score (nSPS) is 12.7. The number of aliphatic hydroxyl groups is 1. The van der Waals surface area contributed by atoms with Crippen LogP contribution in [0.3, 0.4) is 0 Å². The molecule has 0 aliphatic carbocycles. The molecule has 2 aromatic carbocycles. The maximum absolute atomic E-state index is 12.5. The van der Waals surface area contributed by atoms with Crippen LogP contribution in [0, 0.1) is 0 Å². The highest BCUT2D eigenvalue weighted by atomic mass is 16.5. The summed E-state index contributed by atoms with van der Waals surface area (Å²) >= 11 is 0. The SMILES string of the molecule is COc1ccc(C=c2[nH][nH]c(=O)c2=Cc2cn(CCCCO)c3ccccc23)cc1. The zero-order valence-corrected chi connectivity index (χ0v) is 16.9. The van der Waals surface area contributed by atoms with Crippen LogP contribution in [0.15, 0.2) is 59.5 Å². The van der Waals surface area contributed by atoms with Gasteiger partial charge in [0.15, 0.2) is 0 Å². The van der Waals surface area contributed by atoms with E-state index in [1.807, 2.05) is 48.6 Å². The fourth-order valence-electron chi connectivity index (χ4n) is 3.63. The number of hydrogen-bond acceptors (Lipinski definition) is 3. The summed E-state index contributed by atoms with van der Waals surface area (Å²) in [6.45, 7) is 1.02. The molecule has 0 saturated carbocycles. The number of aliphatic hydroxyl groups excluding tert-OH is 1. The molecule has 0 saturated heterocycles. The Morgan fingerprint density at radius 2 is 1.83 bits per heavy atom. The molecule has 154 valence electrons. The van der Waals surface area contributed by atoms with E-state index in [4.69, 9.17) is 9.84 Å². The second kappa shape index (κ2) is 8.88. The first-order valence-electron chi connectivity index (χ1n) is 10.0. The Morgan fingerprint density at radius 3 is 2.60 bits per heavy atom. The number of fused-ring (bicyclic) bond motifs is 1. The number of aromatic nitrogens is 3. The van der Waals surface area contributed by atoms with E-state index in [0.29, 0.717) is 5.22 Å². The molecule has 3 N–H and O–H groups in total. The van der Waals surface area contributed by atoms with Gasteiger partial charge in [-0.3, -0.25) is 15.0 Å². The molecule has 0 radical (unpaired) electrons. The predicted octanol–water partition coefficient (Wildman–Crippen LogP) is 2.10. The average molecular weight is 403 g/mol. The molecule has 2 heterocycles. The van der Waals surface area contributed by atoms with E-state index >= 15 is 0 Å². The molecule has 6 heteroatoms. The number of benzene rings is 2. The third-order valence-corrected chi connectivity index (χ3v) is 5.20. The molecular weight excluding hydrogens is 378 g/mol. The van der Waals surface area contributed by atoms with Gasteiger partial charge >= 0.3 is 0 Å². The van der Waals surface area contributed by atoms with E-state index in [9.17, 15) is 4.79 Å². The Kier molecular flexibility index (Phi) is 5.86. The molecule has 2 aromatic heterocycles. The zero-order chi connectivity index (χ0) is 20.9. The predicted molar refractivity (Wildman–Crippen MR) is 119 cm³/mol. The van der Waals surface area contributed by atoms with E-state index in [2.05, 4.69) is 33.1 Å². The largest absolute Gasteiger partial charge is 0.497 e. The van der Waals surface area contributed by atoms with Crippen molar-refractivity contribution in [2.45, 2.75) is 19.4 Å². The minimum atomic E-state index is -0.160. The van der Waals surface area contributed by atoms with Crippen LogP contribution in [0.5, 0.6) is 5.75 Å². The monoisotopic (exact) mass is 403 g/mol. The first-order chi connectivity index (χ1) is 14.7. The molecule has 0 atom stereocenters. The third kappa shape index (κ3) is 4.09. The van der Waals surface area contributed by atoms with Crippen LogP contribution in [0.25, 0.3) is 23.1 Å². The summed E-state index contributed by atoms with van der Waals surface area (Å²) in [6.07, 6.45) is 7.60. The van der Waals surface area contributed by atoms with Gasteiger partial charge in [0.1, 0.15) is 5.75 Å². The van der Waals surface area contributed by atoms with Crippen molar-refractivity contribution in [3.63, 3.8) is 0 Å². The van der Waals surface area contributed by atoms with Gasteiger partial charge in [0.25, 0.3) is 5.56 Å². The minimum Gasteiger partial charge on any atom is -0.497 e. The molecule has 30 heavy (non-hydrogen) atoms. The summed E-state index contributed by atoms with van der Waals surface area (Å²) in [5, 5.41) is 17.2. The number of aryl methyl sites for hydroxylation is 1. The second-order valence-corrected chi connectivity index (χ2v) is 7.19. The molecule has 0 aliphatic heterocycles. The summed E-state index contributed by atoms with van der Waals surface area (Å²) in [4.78, 5) is 12.5. The van der Waals surface area contributed by atoms with Gasteiger partial charge in [0.05, 0.1) is 17.7 Å². The van der Waals surface area contributed by atoms with E-state index in [1.54, 1.807) is 7.11 Å². The average Bonchev–Trinajstić information content (AvgIpc) is 3.30. The van der Waals surface area contributed by atoms with E-state index in [1.165, 1.54) is 0 Å². The fraction of sp³-hybridized carbons (Fsp3) is 0.208. The van der Waals surface area contributed by atoms with Crippen LogP contribution in [-0.2, 0) is 6.54 Å². The molecule has 0 unspecified atom stereocenters. The molecule has 4 aromatic rings. The first kappa shape index (κ1) is 19.8. The number of aromatic amines is 2. The summed E-state index contributed by atoms with van der Waals surface area (Å²) in [5.41, 5.74) is 2.91. The summed E-state index contributed by atoms with van der Waals surface area (Å²) in [7, 11) is 1.63. The lowest BCUT2D eigenvalue weighted by Crippen LogP contribution is -2.33. The number of hydrogen-bond donors (Lipinski definition) is 3. The number of rotatable bonds is 7. The number of unbranched alkanes of at least 4 members (excludes halogenated alkanes) is 1. The van der Waals surface area contributed by atoms with Gasteiger partial charge in [0.2, 0.25) is 0 Å². The number of nitrogens with zero attached hydrogens (tertiary/aromatic N) is 1. The first-order valence-corrected chi connectivity index (χ1v) is 10.0. The van der Waals surface area contributed by atoms with Crippen molar-refractivity contribution in [1.29, 1.82) is 0 Å². The van der Waals surface area contributed by atoms with Gasteiger partial charge in [-0.05, 0) is 48.8 Å². The van der Waals surface area contributed by atoms with Crippen molar-refractivity contribution >= 4 is 23.1 Å². The van der Waals surface area contributed by atoms with Crippen LogP contribution < -0.4 is 20.9 Å². The number of ether oxygens (including phenoxy) is 1. The lowest BCUT2D eigenvalue weighted by Gasteiger charge is -2.03. The molecule has 4 rings (SSSR count). The number of H-pyrrole nitrogens is 2. The van der Waals surface area contributed by atoms with Crippen molar-refractivity contribution in [2.24, 2.45) is 0 Å². The van der Waals surface area contributed by atoms with Gasteiger partial charge in [-0.1, -0.05) is 30.3 Å². The fourth-order valence-corrected chi connectivity index (χ4v) is 3.63. The second-order valence-electron chi connectivity index (χ2n) is 7.19. The van der Waals surface area contributed by atoms with Crippen LogP contribution in [0.1, 0.15) is 24.0 Å².